The standard InChI is InChI=1S/C13H18N2O3/c1-8-2-7-11(12(17)14-8)13(18)15-9-3-5-10(16)6-4-9/h2,7,9-10,16H,3-6H2,1H3,(H,14,17)(H,15,18). The Labute approximate surface area is 105 Å². The number of aliphatic hydroxyl groups excluding tert-OH is 1. The lowest BCUT2D eigenvalue weighted by Crippen LogP contribution is -2.40. The lowest BCUT2D eigenvalue weighted by Gasteiger charge is -2.26. The van der Waals surface area contributed by atoms with Crippen molar-refractivity contribution in [3.63, 3.8) is 0 Å². The second-order valence-corrected chi connectivity index (χ2v) is 4.86. The molecule has 0 aliphatic heterocycles. The summed E-state index contributed by atoms with van der Waals surface area (Å²) in [4.78, 5) is 26.2. The van der Waals surface area contributed by atoms with E-state index in [4.69, 9.17) is 0 Å². The maximum Gasteiger partial charge on any atom is 0.260 e. The molecule has 2 rings (SSSR count). The molecule has 0 saturated heterocycles. The minimum absolute atomic E-state index is 0.0570. The second-order valence-electron chi connectivity index (χ2n) is 4.86. The first kappa shape index (κ1) is 12.8. The Morgan fingerprint density at radius 2 is 2.00 bits per heavy atom. The molecule has 1 aromatic heterocycles. The molecular weight excluding hydrogens is 232 g/mol. The van der Waals surface area contributed by atoms with Crippen LogP contribution >= 0.6 is 0 Å². The lowest BCUT2D eigenvalue weighted by atomic mass is 9.93. The van der Waals surface area contributed by atoms with Crippen molar-refractivity contribution in [2.24, 2.45) is 0 Å². The molecule has 18 heavy (non-hydrogen) atoms. The SMILES string of the molecule is Cc1ccc(C(=O)NC2CCC(O)CC2)c(=O)[nH]1. The van der Waals surface area contributed by atoms with Crippen LogP contribution in [-0.4, -0.2) is 28.1 Å². The molecule has 0 atom stereocenters. The highest BCUT2D eigenvalue weighted by atomic mass is 16.3. The first-order valence-electron chi connectivity index (χ1n) is 6.25. The molecule has 1 saturated carbocycles. The highest BCUT2D eigenvalue weighted by molar-refractivity contribution is 5.93. The summed E-state index contributed by atoms with van der Waals surface area (Å²) in [5.41, 5.74) is 0.521. The average molecular weight is 250 g/mol. The molecule has 0 spiro atoms. The highest BCUT2D eigenvalue weighted by Crippen LogP contribution is 2.18. The first-order valence-corrected chi connectivity index (χ1v) is 6.25. The van der Waals surface area contributed by atoms with Crippen molar-refractivity contribution >= 4 is 5.91 Å². The number of amides is 1. The number of nitrogens with one attached hydrogen (secondary N) is 2. The zero-order valence-electron chi connectivity index (χ0n) is 10.4. The van der Waals surface area contributed by atoms with Crippen LogP contribution in [0.2, 0.25) is 0 Å². The van der Waals surface area contributed by atoms with Gasteiger partial charge in [-0.25, -0.2) is 0 Å². The van der Waals surface area contributed by atoms with Crippen molar-refractivity contribution in [2.45, 2.75) is 44.8 Å². The van der Waals surface area contributed by atoms with E-state index < -0.39 is 0 Å². The zero-order chi connectivity index (χ0) is 13.1. The minimum atomic E-state index is -0.358. The zero-order valence-corrected chi connectivity index (χ0v) is 10.4. The fourth-order valence-electron chi connectivity index (χ4n) is 2.23. The van der Waals surface area contributed by atoms with Gasteiger partial charge in [-0.1, -0.05) is 0 Å². The number of aliphatic hydroxyl groups is 1. The molecule has 98 valence electrons. The van der Waals surface area contributed by atoms with Crippen LogP contribution < -0.4 is 10.9 Å². The molecule has 1 aliphatic carbocycles. The largest absolute Gasteiger partial charge is 0.393 e. The van der Waals surface area contributed by atoms with Gasteiger partial charge in [-0.2, -0.15) is 0 Å². The van der Waals surface area contributed by atoms with Gasteiger partial charge < -0.3 is 15.4 Å². The summed E-state index contributed by atoms with van der Waals surface area (Å²) in [5, 5.41) is 12.2. The van der Waals surface area contributed by atoms with Crippen LogP contribution in [0.1, 0.15) is 41.7 Å². The van der Waals surface area contributed by atoms with Crippen molar-refractivity contribution < 1.29 is 9.90 Å². The number of hydrogen-bond donors (Lipinski definition) is 3. The molecule has 1 heterocycles. The fourth-order valence-corrected chi connectivity index (χ4v) is 2.23. The van der Waals surface area contributed by atoms with Crippen LogP contribution in [0.3, 0.4) is 0 Å². The molecule has 1 aromatic rings. The maximum atomic E-state index is 11.9. The third-order valence-electron chi connectivity index (χ3n) is 3.33. The summed E-state index contributed by atoms with van der Waals surface area (Å²) in [6.45, 7) is 1.77. The van der Waals surface area contributed by atoms with E-state index in [0.717, 1.165) is 18.5 Å². The van der Waals surface area contributed by atoms with Crippen LogP contribution in [0.5, 0.6) is 0 Å². The van der Waals surface area contributed by atoms with Crippen LogP contribution in [-0.2, 0) is 0 Å². The van der Waals surface area contributed by atoms with Crippen molar-refractivity contribution in [1.29, 1.82) is 0 Å². The van der Waals surface area contributed by atoms with Gasteiger partial charge in [-0.15, -0.1) is 0 Å². The molecule has 1 fully saturated rings. The third-order valence-corrected chi connectivity index (χ3v) is 3.33. The molecule has 1 amide bonds. The Morgan fingerprint density at radius 3 is 2.61 bits per heavy atom. The van der Waals surface area contributed by atoms with Crippen LogP contribution in [0.4, 0.5) is 0 Å². The molecule has 0 unspecified atom stereocenters. The summed E-state index contributed by atoms with van der Waals surface area (Å²) in [7, 11) is 0. The molecule has 0 bridgehead atoms. The molecule has 5 heteroatoms. The number of H-pyrrole nitrogens is 1. The van der Waals surface area contributed by atoms with Gasteiger partial charge in [0, 0.05) is 11.7 Å². The molecule has 0 aromatic carbocycles. The summed E-state index contributed by atoms with van der Waals surface area (Å²) >= 11 is 0. The number of rotatable bonds is 2. The van der Waals surface area contributed by atoms with Crippen LogP contribution in [0, 0.1) is 6.92 Å². The molecule has 5 nitrogen and oxygen atoms in total. The van der Waals surface area contributed by atoms with Gasteiger partial charge in [-0.05, 0) is 44.7 Å². The summed E-state index contributed by atoms with van der Waals surface area (Å²) in [6.07, 6.45) is 2.68. The number of carbonyl (C=O) groups excluding carboxylic acids is 1. The topological polar surface area (TPSA) is 82.2 Å². The fraction of sp³-hybridized carbons (Fsp3) is 0.538. The van der Waals surface area contributed by atoms with E-state index in [1.165, 1.54) is 0 Å². The van der Waals surface area contributed by atoms with Crippen molar-refractivity contribution in [2.75, 3.05) is 0 Å². The van der Waals surface area contributed by atoms with Gasteiger partial charge in [0.15, 0.2) is 0 Å². The quantitative estimate of drug-likeness (QED) is 0.723. The maximum absolute atomic E-state index is 11.9. The monoisotopic (exact) mass is 250 g/mol. The van der Waals surface area contributed by atoms with E-state index in [2.05, 4.69) is 10.3 Å². The van der Waals surface area contributed by atoms with Gasteiger partial charge in [-0.3, -0.25) is 9.59 Å². The predicted octanol–water partition coefficient (Wildman–Crippen LogP) is 0.717. The number of aryl methyl sites for hydroxylation is 1. The smallest absolute Gasteiger partial charge is 0.260 e. The van der Waals surface area contributed by atoms with Gasteiger partial charge in [0.25, 0.3) is 11.5 Å². The molecule has 3 N–H and O–H groups in total. The Kier molecular flexibility index (Phi) is 3.81. The summed E-state index contributed by atoms with van der Waals surface area (Å²) in [6, 6.07) is 3.31. The Morgan fingerprint density at radius 1 is 1.33 bits per heavy atom. The Hall–Kier alpha value is -1.62. The van der Waals surface area contributed by atoms with Crippen molar-refractivity contribution in [3.05, 3.63) is 33.7 Å². The van der Waals surface area contributed by atoms with E-state index in [1.807, 2.05) is 0 Å². The number of carbonyl (C=O) groups is 1. The number of pyridine rings is 1. The minimum Gasteiger partial charge on any atom is -0.393 e. The second kappa shape index (κ2) is 5.35. The van der Waals surface area contributed by atoms with Crippen LogP contribution in [0.25, 0.3) is 0 Å². The number of aromatic amines is 1. The molecule has 1 aliphatic rings. The lowest BCUT2D eigenvalue weighted by molar-refractivity contribution is 0.0866. The van der Waals surface area contributed by atoms with Crippen molar-refractivity contribution in [3.8, 4) is 0 Å². The molecular formula is C13H18N2O3. The number of hydrogen-bond acceptors (Lipinski definition) is 3. The van der Waals surface area contributed by atoms with E-state index in [1.54, 1.807) is 19.1 Å². The van der Waals surface area contributed by atoms with Gasteiger partial charge in [0.2, 0.25) is 0 Å². The van der Waals surface area contributed by atoms with E-state index in [-0.39, 0.29) is 29.2 Å². The summed E-state index contributed by atoms with van der Waals surface area (Å²) < 4.78 is 0. The average Bonchev–Trinajstić information content (AvgIpc) is 2.32. The van der Waals surface area contributed by atoms with Gasteiger partial charge in [0.05, 0.1) is 6.10 Å². The Bertz CT molecular complexity index is 487. The Balaban J connectivity index is 2.01. The summed E-state index contributed by atoms with van der Waals surface area (Å²) in [5.74, 6) is -0.336. The van der Waals surface area contributed by atoms with E-state index in [9.17, 15) is 14.7 Å². The van der Waals surface area contributed by atoms with Crippen LogP contribution in [0.15, 0.2) is 16.9 Å². The van der Waals surface area contributed by atoms with Gasteiger partial charge >= 0.3 is 0 Å². The van der Waals surface area contributed by atoms with Crippen molar-refractivity contribution in [1.82, 2.24) is 10.3 Å². The predicted molar refractivity (Wildman–Crippen MR) is 67.5 cm³/mol. The molecule has 0 radical (unpaired) electrons. The van der Waals surface area contributed by atoms with Gasteiger partial charge in [0.1, 0.15) is 5.56 Å². The first-order chi connectivity index (χ1) is 8.56. The normalized spacial score (nSPS) is 23.7. The number of aromatic nitrogens is 1. The highest BCUT2D eigenvalue weighted by Gasteiger charge is 2.22. The van der Waals surface area contributed by atoms with E-state index in [0.29, 0.717) is 12.8 Å². The third kappa shape index (κ3) is 2.98. The van der Waals surface area contributed by atoms with E-state index >= 15 is 0 Å².